The van der Waals surface area contributed by atoms with Crippen LogP contribution < -0.4 is 10.6 Å². The molecule has 1 aliphatic rings. The number of hydrogen-bond donors (Lipinski definition) is 2. The number of thiocarbonyl (C=S) groups is 1. The molecule has 1 aromatic rings. The van der Waals surface area contributed by atoms with Crippen LogP contribution in [0.15, 0.2) is 35.5 Å². The van der Waals surface area contributed by atoms with Crippen LogP contribution in [0.1, 0.15) is 38.8 Å². The topological polar surface area (TPSA) is 79.9 Å². The Morgan fingerprint density at radius 1 is 1.29 bits per heavy atom. The molecular weight excluding hydrogens is 378 g/mol. The maximum absolute atomic E-state index is 12.8. The molecule has 0 saturated carbocycles. The Hall–Kier alpha value is -2.45. The fraction of sp³-hybridized carbons (Fsp3) is 0.450. The number of ether oxygens (including phenoxy) is 2. The van der Waals surface area contributed by atoms with Crippen LogP contribution in [0.5, 0.6) is 0 Å². The van der Waals surface area contributed by atoms with Gasteiger partial charge in [-0.15, -0.1) is 0 Å². The molecule has 0 saturated heterocycles. The molecule has 7 nitrogen and oxygen atoms in total. The lowest BCUT2D eigenvalue weighted by Gasteiger charge is -2.37. The first-order valence-electron chi connectivity index (χ1n) is 9.27. The van der Waals surface area contributed by atoms with Crippen LogP contribution in [-0.2, 0) is 19.1 Å². The monoisotopic (exact) mass is 405 g/mol. The molecular formula is C20H27N3O4S. The summed E-state index contributed by atoms with van der Waals surface area (Å²) in [7, 11) is 1.55. The minimum Gasteiger partial charge on any atom is -0.460 e. The normalized spacial score (nSPS) is 16.6. The van der Waals surface area contributed by atoms with Crippen molar-refractivity contribution in [3.05, 3.63) is 41.1 Å². The molecule has 1 amide bonds. The summed E-state index contributed by atoms with van der Waals surface area (Å²) in [6, 6.07) is 6.90. The van der Waals surface area contributed by atoms with Crippen molar-refractivity contribution in [2.75, 3.05) is 32.2 Å². The van der Waals surface area contributed by atoms with Gasteiger partial charge in [0.15, 0.2) is 5.11 Å². The number of carbonyl (C=O) groups is 2. The minimum absolute atomic E-state index is 0.0765. The number of amides is 1. The summed E-state index contributed by atoms with van der Waals surface area (Å²) in [6.45, 7) is 6.74. The number of esters is 1. The van der Waals surface area contributed by atoms with Crippen LogP contribution in [0, 0.1) is 0 Å². The van der Waals surface area contributed by atoms with Crippen LogP contribution in [0.4, 0.5) is 5.69 Å². The van der Waals surface area contributed by atoms with E-state index >= 15 is 0 Å². The highest BCUT2D eigenvalue weighted by Gasteiger charge is 2.34. The largest absolute Gasteiger partial charge is 0.460 e. The van der Waals surface area contributed by atoms with Gasteiger partial charge in [0, 0.05) is 31.5 Å². The summed E-state index contributed by atoms with van der Waals surface area (Å²) < 4.78 is 10.3. The second kappa shape index (κ2) is 10.2. The Morgan fingerprint density at radius 3 is 2.68 bits per heavy atom. The van der Waals surface area contributed by atoms with Gasteiger partial charge in [0.25, 0.3) is 0 Å². The Kier molecular flexibility index (Phi) is 7.95. The predicted molar refractivity (Wildman–Crippen MR) is 112 cm³/mol. The van der Waals surface area contributed by atoms with Gasteiger partial charge in [0.05, 0.1) is 18.2 Å². The molecule has 1 aromatic carbocycles. The standard InChI is InChI=1S/C20H27N3O4S/c1-5-16(24)21-15-9-7-8-14(12-15)18-17(19(25)27-11-10-26-4)13(3)23(6-2)20(28)22-18/h7-9,12,18H,5-6,10-11H2,1-4H3,(H,21,24)(H,22,28)/t18-/m1/s1. The van der Waals surface area contributed by atoms with Crippen LogP contribution in [-0.4, -0.2) is 48.8 Å². The third-order valence-corrected chi connectivity index (χ3v) is 4.82. The zero-order valence-corrected chi connectivity index (χ0v) is 17.5. The van der Waals surface area contributed by atoms with Crippen molar-refractivity contribution in [1.29, 1.82) is 0 Å². The molecule has 28 heavy (non-hydrogen) atoms. The van der Waals surface area contributed by atoms with Gasteiger partial charge in [0.2, 0.25) is 5.91 Å². The summed E-state index contributed by atoms with van der Waals surface area (Å²) in [4.78, 5) is 26.4. The van der Waals surface area contributed by atoms with Crippen molar-refractivity contribution >= 4 is 34.9 Å². The lowest BCUT2D eigenvalue weighted by molar-refractivity contribution is -0.140. The maximum atomic E-state index is 12.8. The molecule has 1 atom stereocenters. The molecule has 0 fully saturated rings. The van der Waals surface area contributed by atoms with Crippen molar-refractivity contribution in [3.8, 4) is 0 Å². The smallest absolute Gasteiger partial charge is 0.338 e. The number of nitrogens with zero attached hydrogens (tertiary/aromatic N) is 1. The fourth-order valence-corrected chi connectivity index (χ4v) is 3.40. The Bertz CT molecular complexity index is 778. The Morgan fingerprint density at radius 2 is 2.04 bits per heavy atom. The van der Waals surface area contributed by atoms with Crippen LogP contribution in [0.25, 0.3) is 0 Å². The van der Waals surface area contributed by atoms with E-state index in [0.29, 0.717) is 35.9 Å². The van der Waals surface area contributed by atoms with Gasteiger partial charge in [-0.3, -0.25) is 4.79 Å². The van der Waals surface area contributed by atoms with Crippen LogP contribution >= 0.6 is 12.2 Å². The van der Waals surface area contributed by atoms with E-state index in [1.165, 1.54) is 0 Å². The molecule has 0 unspecified atom stereocenters. The number of anilines is 1. The van der Waals surface area contributed by atoms with Gasteiger partial charge in [-0.1, -0.05) is 19.1 Å². The molecule has 1 aliphatic heterocycles. The summed E-state index contributed by atoms with van der Waals surface area (Å²) >= 11 is 5.49. The van der Waals surface area contributed by atoms with Crippen LogP contribution in [0.3, 0.4) is 0 Å². The van der Waals surface area contributed by atoms with Gasteiger partial charge in [-0.25, -0.2) is 4.79 Å². The second-order valence-electron chi connectivity index (χ2n) is 6.28. The zero-order chi connectivity index (χ0) is 20.7. The number of benzene rings is 1. The number of carbonyl (C=O) groups excluding carboxylic acids is 2. The number of nitrogens with one attached hydrogen (secondary N) is 2. The van der Waals surface area contributed by atoms with Crippen molar-refractivity contribution in [3.63, 3.8) is 0 Å². The zero-order valence-electron chi connectivity index (χ0n) is 16.7. The molecule has 8 heteroatoms. The molecule has 0 aliphatic carbocycles. The van der Waals surface area contributed by atoms with E-state index in [2.05, 4.69) is 10.6 Å². The lowest BCUT2D eigenvalue weighted by Crippen LogP contribution is -2.47. The summed E-state index contributed by atoms with van der Waals surface area (Å²) in [5.74, 6) is -0.497. The first-order valence-corrected chi connectivity index (χ1v) is 9.68. The van der Waals surface area contributed by atoms with Gasteiger partial charge in [-0.2, -0.15) is 0 Å². The second-order valence-corrected chi connectivity index (χ2v) is 6.67. The molecule has 0 aromatic heterocycles. The predicted octanol–water partition coefficient (Wildman–Crippen LogP) is 2.75. The highest BCUT2D eigenvalue weighted by Crippen LogP contribution is 2.32. The number of allylic oxidation sites excluding steroid dienone is 1. The number of rotatable bonds is 8. The van der Waals surface area contributed by atoms with Crippen molar-refractivity contribution in [2.24, 2.45) is 0 Å². The van der Waals surface area contributed by atoms with Crippen molar-refractivity contribution < 1.29 is 19.1 Å². The summed E-state index contributed by atoms with van der Waals surface area (Å²) in [6.07, 6.45) is 0.386. The molecule has 0 spiro atoms. The van der Waals surface area contributed by atoms with Gasteiger partial charge in [-0.05, 0) is 43.8 Å². The van der Waals surface area contributed by atoms with Gasteiger partial charge < -0.3 is 25.0 Å². The van der Waals surface area contributed by atoms with E-state index in [0.717, 1.165) is 11.3 Å². The highest BCUT2D eigenvalue weighted by atomic mass is 32.1. The SMILES string of the molecule is CCC(=O)Nc1cccc([C@H]2NC(=S)N(CC)C(C)=C2C(=O)OCCOC)c1. The average molecular weight is 406 g/mol. The van der Waals surface area contributed by atoms with Crippen molar-refractivity contribution in [2.45, 2.75) is 33.2 Å². The molecule has 2 rings (SSSR count). The van der Waals surface area contributed by atoms with Crippen molar-refractivity contribution in [1.82, 2.24) is 10.2 Å². The lowest BCUT2D eigenvalue weighted by atomic mass is 9.94. The highest BCUT2D eigenvalue weighted by molar-refractivity contribution is 7.80. The van der Waals surface area contributed by atoms with E-state index < -0.39 is 12.0 Å². The molecule has 1 heterocycles. The first-order chi connectivity index (χ1) is 13.4. The minimum atomic E-state index is -0.469. The average Bonchev–Trinajstić information content (AvgIpc) is 2.68. The molecule has 152 valence electrons. The van der Waals surface area contributed by atoms with E-state index in [1.54, 1.807) is 14.0 Å². The summed E-state index contributed by atoms with van der Waals surface area (Å²) in [5, 5.41) is 6.62. The Balaban J connectivity index is 2.40. The fourth-order valence-electron chi connectivity index (χ4n) is 3.02. The van der Waals surface area contributed by atoms with E-state index in [4.69, 9.17) is 21.7 Å². The van der Waals surface area contributed by atoms with E-state index in [-0.39, 0.29) is 12.5 Å². The van der Waals surface area contributed by atoms with E-state index in [9.17, 15) is 9.59 Å². The Labute approximate surface area is 171 Å². The maximum Gasteiger partial charge on any atom is 0.338 e. The summed E-state index contributed by atoms with van der Waals surface area (Å²) in [5.41, 5.74) is 2.72. The number of hydrogen-bond acceptors (Lipinski definition) is 5. The molecule has 0 radical (unpaired) electrons. The molecule has 2 N–H and O–H groups in total. The third-order valence-electron chi connectivity index (χ3n) is 4.48. The molecule has 0 bridgehead atoms. The quantitative estimate of drug-likeness (QED) is 0.391. The third kappa shape index (κ3) is 5.08. The van der Waals surface area contributed by atoms with Gasteiger partial charge >= 0.3 is 5.97 Å². The van der Waals surface area contributed by atoms with E-state index in [1.807, 2.05) is 43.0 Å². The van der Waals surface area contributed by atoms with Crippen LogP contribution in [0.2, 0.25) is 0 Å². The number of methoxy groups -OCH3 is 1. The van der Waals surface area contributed by atoms with Gasteiger partial charge in [0.1, 0.15) is 6.61 Å². The first kappa shape index (κ1) is 21.8.